The van der Waals surface area contributed by atoms with E-state index < -0.39 is 0 Å². The van der Waals surface area contributed by atoms with E-state index in [9.17, 15) is 9.18 Å². The molecule has 1 saturated carbocycles. The van der Waals surface area contributed by atoms with Crippen LogP contribution in [0.2, 0.25) is 0 Å². The van der Waals surface area contributed by atoms with Gasteiger partial charge in [-0.25, -0.2) is 4.39 Å². The molecule has 0 atom stereocenters. The van der Waals surface area contributed by atoms with Gasteiger partial charge in [-0.1, -0.05) is 49.6 Å². The number of benzene rings is 1. The molecule has 1 aliphatic heterocycles. The van der Waals surface area contributed by atoms with Crippen molar-refractivity contribution in [2.24, 2.45) is 0 Å². The first-order valence-corrected chi connectivity index (χ1v) is 11.8. The molecule has 7 heteroatoms. The van der Waals surface area contributed by atoms with Crippen molar-refractivity contribution in [3.8, 4) is 0 Å². The molecule has 1 aliphatic carbocycles. The van der Waals surface area contributed by atoms with Crippen LogP contribution in [0.3, 0.4) is 0 Å². The van der Waals surface area contributed by atoms with Gasteiger partial charge in [0.05, 0.1) is 5.75 Å². The Morgan fingerprint density at radius 3 is 2.62 bits per heavy atom. The van der Waals surface area contributed by atoms with Crippen LogP contribution < -0.4 is 0 Å². The fraction of sp³-hybridized carbons (Fsp3) is 0.591. The van der Waals surface area contributed by atoms with Crippen LogP contribution in [0.4, 0.5) is 4.39 Å². The molecular weight excluding hydrogens is 387 g/mol. The molecule has 0 bridgehead atoms. The van der Waals surface area contributed by atoms with Crippen LogP contribution in [0.1, 0.15) is 62.8 Å². The van der Waals surface area contributed by atoms with Crippen LogP contribution in [0, 0.1) is 5.82 Å². The Kier molecular flexibility index (Phi) is 6.85. The monoisotopic (exact) mass is 416 g/mol. The molecule has 1 aromatic carbocycles. The maximum Gasteiger partial charge on any atom is 0.233 e. The zero-order valence-electron chi connectivity index (χ0n) is 16.9. The Labute approximate surface area is 176 Å². The molecule has 1 aromatic heterocycles. The van der Waals surface area contributed by atoms with E-state index in [-0.39, 0.29) is 17.8 Å². The summed E-state index contributed by atoms with van der Waals surface area (Å²) < 4.78 is 15.5. The highest BCUT2D eigenvalue weighted by molar-refractivity contribution is 7.99. The molecule has 5 nitrogen and oxygen atoms in total. The van der Waals surface area contributed by atoms with Crippen molar-refractivity contribution in [3.05, 3.63) is 41.5 Å². The van der Waals surface area contributed by atoms with E-state index in [1.54, 1.807) is 12.1 Å². The first-order chi connectivity index (χ1) is 14.2. The number of rotatable bonds is 6. The van der Waals surface area contributed by atoms with Gasteiger partial charge < -0.3 is 9.47 Å². The molecule has 0 spiro atoms. The van der Waals surface area contributed by atoms with Crippen molar-refractivity contribution in [2.45, 2.75) is 82.1 Å². The summed E-state index contributed by atoms with van der Waals surface area (Å²) in [4.78, 5) is 15.2. The molecule has 2 aliphatic rings. The van der Waals surface area contributed by atoms with Gasteiger partial charge in [0.1, 0.15) is 11.6 Å². The Bertz CT molecular complexity index is 817. The van der Waals surface area contributed by atoms with Gasteiger partial charge in [-0.15, -0.1) is 10.2 Å². The highest BCUT2D eigenvalue weighted by Crippen LogP contribution is 2.27. The van der Waals surface area contributed by atoms with Crippen LogP contribution in [0.25, 0.3) is 0 Å². The summed E-state index contributed by atoms with van der Waals surface area (Å²) >= 11 is 1.50. The van der Waals surface area contributed by atoms with Gasteiger partial charge in [-0.05, 0) is 43.4 Å². The van der Waals surface area contributed by atoms with E-state index in [4.69, 9.17) is 0 Å². The van der Waals surface area contributed by atoms with Crippen LogP contribution in [0.15, 0.2) is 29.4 Å². The standard InChI is InChI=1S/C22H29FN4OS/c23-18-12-10-17(11-13-18)15-27(19-7-3-1-4-8-19)21(28)16-29-22-25-24-20-9-5-2-6-14-26(20)22/h10-13,19H,1-9,14-16H2. The molecule has 2 heterocycles. The lowest BCUT2D eigenvalue weighted by Gasteiger charge is -2.34. The van der Waals surface area contributed by atoms with Crippen molar-refractivity contribution >= 4 is 17.7 Å². The quantitative estimate of drug-likeness (QED) is 0.646. The Morgan fingerprint density at radius 2 is 1.83 bits per heavy atom. The average Bonchev–Trinajstić information content (AvgIpc) is 2.98. The molecule has 0 saturated heterocycles. The summed E-state index contributed by atoms with van der Waals surface area (Å²) in [5, 5.41) is 9.54. The third-order valence-corrected chi connectivity index (χ3v) is 6.95. The molecule has 156 valence electrons. The number of aryl methyl sites for hydroxylation is 1. The van der Waals surface area contributed by atoms with Crippen LogP contribution in [0.5, 0.6) is 0 Å². The normalized spacial score (nSPS) is 17.6. The number of aromatic nitrogens is 3. The fourth-order valence-corrected chi connectivity index (χ4v) is 5.24. The molecule has 0 unspecified atom stereocenters. The number of hydrogen-bond acceptors (Lipinski definition) is 4. The third kappa shape index (κ3) is 5.18. The Morgan fingerprint density at radius 1 is 1.07 bits per heavy atom. The van der Waals surface area contributed by atoms with Gasteiger partial charge in [0.15, 0.2) is 5.16 Å². The van der Waals surface area contributed by atoms with Crippen LogP contribution in [-0.4, -0.2) is 37.4 Å². The number of halogens is 1. The summed E-state index contributed by atoms with van der Waals surface area (Å²) in [5.74, 6) is 1.31. The van der Waals surface area contributed by atoms with Crippen molar-refractivity contribution < 1.29 is 9.18 Å². The zero-order chi connectivity index (χ0) is 20.1. The van der Waals surface area contributed by atoms with Gasteiger partial charge >= 0.3 is 0 Å². The SMILES string of the molecule is O=C(CSc1nnc2n1CCCCC2)N(Cc1ccc(F)cc1)C1CCCCC1. The summed E-state index contributed by atoms with van der Waals surface area (Å²) in [6, 6.07) is 6.78. The molecule has 29 heavy (non-hydrogen) atoms. The van der Waals surface area contributed by atoms with Crippen molar-refractivity contribution in [3.63, 3.8) is 0 Å². The zero-order valence-corrected chi connectivity index (χ0v) is 17.7. The van der Waals surface area contributed by atoms with E-state index in [0.29, 0.717) is 12.3 Å². The first-order valence-electron chi connectivity index (χ1n) is 10.8. The maximum atomic E-state index is 13.3. The smallest absolute Gasteiger partial charge is 0.233 e. The van der Waals surface area contributed by atoms with E-state index >= 15 is 0 Å². The van der Waals surface area contributed by atoms with Crippen molar-refractivity contribution in [2.75, 3.05) is 5.75 Å². The lowest BCUT2D eigenvalue weighted by molar-refractivity contribution is -0.132. The minimum absolute atomic E-state index is 0.136. The first kappa shape index (κ1) is 20.4. The van der Waals surface area contributed by atoms with Gasteiger partial charge in [0.2, 0.25) is 5.91 Å². The number of hydrogen-bond donors (Lipinski definition) is 0. The largest absolute Gasteiger partial charge is 0.335 e. The third-order valence-electron chi connectivity index (χ3n) is 6.00. The second-order valence-electron chi connectivity index (χ2n) is 8.09. The van der Waals surface area contributed by atoms with Gasteiger partial charge in [0.25, 0.3) is 0 Å². The van der Waals surface area contributed by atoms with Crippen LogP contribution >= 0.6 is 11.8 Å². The van der Waals surface area contributed by atoms with E-state index in [2.05, 4.69) is 14.8 Å². The number of thioether (sulfide) groups is 1. The summed E-state index contributed by atoms with van der Waals surface area (Å²) in [7, 11) is 0. The highest BCUT2D eigenvalue weighted by atomic mass is 32.2. The number of fused-ring (bicyclic) bond motifs is 1. The van der Waals surface area contributed by atoms with Gasteiger partial charge in [-0.2, -0.15) is 0 Å². The van der Waals surface area contributed by atoms with E-state index in [1.807, 2.05) is 4.90 Å². The second-order valence-corrected chi connectivity index (χ2v) is 9.03. The average molecular weight is 417 g/mol. The topological polar surface area (TPSA) is 51.0 Å². The fourth-order valence-electron chi connectivity index (χ4n) is 4.37. The molecule has 1 fully saturated rings. The van der Waals surface area contributed by atoms with E-state index in [0.717, 1.165) is 55.2 Å². The maximum absolute atomic E-state index is 13.3. The molecule has 4 rings (SSSR count). The molecule has 0 N–H and O–H groups in total. The lowest BCUT2D eigenvalue weighted by atomic mass is 9.94. The molecule has 0 radical (unpaired) electrons. The second kappa shape index (κ2) is 9.74. The minimum Gasteiger partial charge on any atom is -0.335 e. The number of nitrogens with zero attached hydrogens (tertiary/aromatic N) is 4. The highest BCUT2D eigenvalue weighted by Gasteiger charge is 2.26. The predicted octanol–water partition coefficient (Wildman–Crippen LogP) is 4.60. The minimum atomic E-state index is -0.243. The van der Waals surface area contributed by atoms with Gasteiger partial charge in [0, 0.05) is 25.6 Å². The number of carbonyl (C=O) groups is 1. The van der Waals surface area contributed by atoms with Crippen molar-refractivity contribution in [1.82, 2.24) is 19.7 Å². The van der Waals surface area contributed by atoms with Crippen molar-refractivity contribution in [1.29, 1.82) is 0 Å². The Hall–Kier alpha value is -1.89. The summed E-state index contributed by atoms with van der Waals surface area (Å²) in [5.41, 5.74) is 0.978. The lowest BCUT2D eigenvalue weighted by Crippen LogP contribution is -2.42. The molecule has 2 aromatic rings. The Balaban J connectivity index is 1.44. The number of amides is 1. The summed E-state index contributed by atoms with van der Waals surface area (Å²) in [6.07, 6.45) is 10.2. The summed E-state index contributed by atoms with van der Waals surface area (Å²) in [6.45, 7) is 1.49. The van der Waals surface area contributed by atoms with Crippen LogP contribution in [-0.2, 0) is 24.3 Å². The van der Waals surface area contributed by atoms with E-state index in [1.165, 1.54) is 49.6 Å². The number of carbonyl (C=O) groups excluding carboxylic acids is 1. The molecular formula is C22H29FN4OS. The molecule has 1 amide bonds. The van der Waals surface area contributed by atoms with Gasteiger partial charge in [-0.3, -0.25) is 4.79 Å². The predicted molar refractivity (Wildman–Crippen MR) is 112 cm³/mol.